The summed E-state index contributed by atoms with van der Waals surface area (Å²) in [6.45, 7) is 4.82. The van der Waals surface area contributed by atoms with Crippen LogP contribution in [-0.4, -0.2) is 46.5 Å². The third-order valence-corrected chi connectivity index (χ3v) is 5.41. The highest BCUT2D eigenvalue weighted by atomic mass is 16.2. The second kappa shape index (κ2) is 7.84. The van der Waals surface area contributed by atoms with E-state index >= 15 is 0 Å². The molecule has 0 spiro atoms. The first-order valence-corrected chi connectivity index (χ1v) is 9.73. The molecule has 1 aromatic heterocycles. The summed E-state index contributed by atoms with van der Waals surface area (Å²) < 4.78 is 1.49. The van der Waals surface area contributed by atoms with Gasteiger partial charge < -0.3 is 9.80 Å². The first kappa shape index (κ1) is 18.2. The van der Waals surface area contributed by atoms with Gasteiger partial charge in [0.1, 0.15) is 6.04 Å². The number of anilines is 1. The maximum atomic E-state index is 13.2. The summed E-state index contributed by atoms with van der Waals surface area (Å²) in [4.78, 5) is 34.6. The molecule has 0 bridgehead atoms. The predicted molar refractivity (Wildman–Crippen MR) is 111 cm³/mol. The average molecular weight is 376 g/mol. The Morgan fingerprint density at radius 3 is 2.39 bits per heavy atom. The van der Waals surface area contributed by atoms with Crippen molar-refractivity contribution in [3.63, 3.8) is 0 Å². The van der Waals surface area contributed by atoms with Gasteiger partial charge in [-0.3, -0.25) is 14.2 Å². The Bertz CT molecular complexity index is 1020. The molecule has 28 heavy (non-hydrogen) atoms. The molecule has 1 fully saturated rings. The van der Waals surface area contributed by atoms with E-state index in [-0.39, 0.29) is 11.5 Å². The summed E-state index contributed by atoms with van der Waals surface area (Å²) in [6, 6.07) is 17.0. The van der Waals surface area contributed by atoms with Crippen LogP contribution < -0.4 is 10.5 Å². The number of rotatable bonds is 4. The van der Waals surface area contributed by atoms with Gasteiger partial charge in [0.25, 0.3) is 5.56 Å². The quantitative estimate of drug-likeness (QED) is 0.703. The van der Waals surface area contributed by atoms with Crippen molar-refractivity contribution >= 4 is 22.5 Å². The van der Waals surface area contributed by atoms with E-state index in [1.807, 2.05) is 48.2 Å². The number of para-hydroxylation sites is 2. The molecule has 1 unspecified atom stereocenters. The van der Waals surface area contributed by atoms with Gasteiger partial charge in [-0.05, 0) is 30.7 Å². The summed E-state index contributed by atoms with van der Waals surface area (Å²) in [7, 11) is 0. The van der Waals surface area contributed by atoms with E-state index < -0.39 is 6.04 Å². The van der Waals surface area contributed by atoms with Crippen LogP contribution in [0.2, 0.25) is 0 Å². The lowest BCUT2D eigenvalue weighted by Crippen LogP contribution is -2.51. The van der Waals surface area contributed by atoms with Crippen molar-refractivity contribution in [2.75, 3.05) is 31.1 Å². The Hall–Kier alpha value is -3.15. The number of piperazine rings is 1. The van der Waals surface area contributed by atoms with Crippen LogP contribution in [0.3, 0.4) is 0 Å². The third kappa shape index (κ3) is 3.38. The van der Waals surface area contributed by atoms with Crippen LogP contribution in [0.25, 0.3) is 10.9 Å². The van der Waals surface area contributed by atoms with Crippen LogP contribution in [0.5, 0.6) is 0 Å². The zero-order valence-electron chi connectivity index (χ0n) is 16.0. The molecule has 1 amide bonds. The van der Waals surface area contributed by atoms with Crippen LogP contribution in [0.15, 0.2) is 65.7 Å². The number of nitrogens with zero attached hydrogens (tertiary/aromatic N) is 4. The largest absolute Gasteiger partial charge is 0.368 e. The maximum Gasteiger partial charge on any atom is 0.261 e. The molecule has 1 aliphatic rings. The van der Waals surface area contributed by atoms with Crippen molar-refractivity contribution in [1.82, 2.24) is 14.5 Å². The van der Waals surface area contributed by atoms with Gasteiger partial charge >= 0.3 is 0 Å². The monoisotopic (exact) mass is 376 g/mol. The Morgan fingerprint density at radius 2 is 1.68 bits per heavy atom. The van der Waals surface area contributed by atoms with Crippen LogP contribution in [-0.2, 0) is 4.79 Å². The molecule has 0 N–H and O–H groups in total. The molecule has 6 heteroatoms. The lowest BCUT2D eigenvalue weighted by molar-refractivity contribution is -0.135. The molecule has 0 aliphatic carbocycles. The van der Waals surface area contributed by atoms with Crippen molar-refractivity contribution in [3.8, 4) is 0 Å². The smallest absolute Gasteiger partial charge is 0.261 e. The topological polar surface area (TPSA) is 58.4 Å². The van der Waals surface area contributed by atoms with E-state index in [4.69, 9.17) is 0 Å². The van der Waals surface area contributed by atoms with Gasteiger partial charge in [0.2, 0.25) is 5.91 Å². The molecule has 2 aromatic carbocycles. The average Bonchev–Trinajstić information content (AvgIpc) is 2.76. The molecule has 2 heterocycles. The molecule has 0 saturated carbocycles. The summed E-state index contributed by atoms with van der Waals surface area (Å²) in [5, 5.41) is 0.546. The van der Waals surface area contributed by atoms with Crippen LogP contribution in [0.4, 0.5) is 5.69 Å². The van der Waals surface area contributed by atoms with Gasteiger partial charge in [0.05, 0.1) is 17.2 Å². The van der Waals surface area contributed by atoms with Crippen LogP contribution in [0.1, 0.15) is 19.4 Å². The summed E-state index contributed by atoms with van der Waals surface area (Å²) in [6.07, 6.45) is 2.06. The van der Waals surface area contributed by atoms with Gasteiger partial charge in [-0.2, -0.15) is 0 Å². The molecule has 1 saturated heterocycles. The second-order valence-corrected chi connectivity index (χ2v) is 7.05. The summed E-state index contributed by atoms with van der Waals surface area (Å²) in [5.74, 6) is -0.00519. The molecule has 3 aromatic rings. The second-order valence-electron chi connectivity index (χ2n) is 7.05. The van der Waals surface area contributed by atoms with Crippen LogP contribution in [0, 0.1) is 0 Å². The molecule has 144 valence electrons. The molecular formula is C22H24N4O2. The minimum Gasteiger partial charge on any atom is -0.368 e. The number of carbonyl (C=O) groups excluding carboxylic acids is 1. The lowest BCUT2D eigenvalue weighted by atomic mass is 10.1. The number of carbonyl (C=O) groups is 1. The Balaban J connectivity index is 1.52. The minimum absolute atomic E-state index is 0.00519. The highest BCUT2D eigenvalue weighted by molar-refractivity contribution is 5.82. The molecule has 6 nitrogen and oxygen atoms in total. The fraction of sp³-hybridized carbons (Fsp3) is 0.318. The molecule has 0 radical (unpaired) electrons. The molecule has 1 aliphatic heterocycles. The zero-order valence-corrected chi connectivity index (χ0v) is 16.0. The van der Waals surface area contributed by atoms with E-state index in [1.54, 1.807) is 6.07 Å². The molecule has 4 rings (SSSR count). The van der Waals surface area contributed by atoms with E-state index in [2.05, 4.69) is 22.0 Å². The number of hydrogen-bond donors (Lipinski definition) is 0. The standard InChI is InChI=1S/C22H24N4O2/c1-2-20(26-16-23-19-11-7-6-10-18(19)21(26)27)22(28)25-14-12-24(13-15-25)17-8-4-3-5-9-17/h3-11,16,20H,2,12-15H2,1H3. The van der Waals surface area contributed by atoms with Gasteiger partial charge in [-0.1, -0.05) is 37.3 Å². The van der Waals surface area contributed by atoms with E-state index in [1.165, 1.54) is 16.6 Å². The van der Waals surface area contributed by atoms with Crippen molar-refractivity contribution in [2.45, 2.75) is 19.4 Å². The third-order valence-electron chi connectivity index (χ3n) is 5.41. The van der Waals surface area contributed by atoms with E-state index in [9.17, 15) is 9.59 Å². The first-order valence-electron chi connectivity index (χ1n) is 9.73. The summed E-state index contributed by atoms with van der Waals surface area (Å²) >= 11 is 0. The predicted octanol–water partition coefficient (Wildman–Crippen LogP) is 2.70. The highest BCUT2D eigenvalue weighted by Gasteiger charge is 2.28. The van der Waals surface area contributed by atoms with Crippen molar-refractivity contribution in [2.24, 2.45) is 0 Å². The number of amides is 1. The summed E-state index contributed by atoms with van der Waals surface area (Å²) in [5.41, 5.74) is 1.67. The zero-order chi connectivity index (χ0) is 19.5. The van der Waals surface area contributed by atoms with Gasteiger partial charge in [0.15, 0.2) is 0 Å². The van der Waals surface area contributed by atoms with Gasteiger partial charge in [-0.15, -0.1) is 0 Å². The Kier molecular flexibility index (Phi) is 5.10. The van der Waals surface area contributed by atoms with Gasteiger partial charge in [-0.25, -0.2) is 4.98 Å². The lowest BCUT2D eigenvalue weighted by Gasteiger charge is -2.37. The fourth-order valence-corrected chi connectivity index (χ4v) is 3.83. The van der Waals surface area contributed by atoms with Crippen molar-refractivity contribution in [3.05, 3.63) is 71.3 Å². The van der Waals surface area contributed by atoms with Crippen LogP contribution >= 0.6 is 0 Å². The normalized spacial score (nSPS) is 15.6. The number of fused-ring (bicyclic) bond motifs is 1. The molecule has 1 atom stereocenters. The number of hydrogen-bond acceptors (Lipinski definition) is 4. The van der Waals surface area contributed by atoms with Crippen molar-refractivity contribution in [1.29, 1.82) is 0 Å². The van der Waals surface area contributed by atoms with Gasteiger partial charge in [0, 0.05) is 31.9 Å². The molecular weight excluding hydrogens is 352 g/mol. The maximum absolute atomic E-state index is 13.2. The van der Waals surface area contributed by atoms with Crippen molar-refractivity contribution < 1.29 is 4.79 Å². The Morgan fingerprint density at radius 1 is 1.00 bits per heavy atom. The SMILES string of the molecule is CCC(C(=O)N1CCN(c2ccccc2)CC1)n1cnc2ccccc2c1=O. The fourth-order valence-electron chi connectivity index (χ4n) is 3.83. The number of benzene rings is 2. The van der Waals surface area contributed by atoms with E-state index in [0.29, 0.717) is 30.4 Å². The van der Waals surface area contributed by atoms with E-state index in [0.717, 1.165) is 13.1 Å². The first-order chi connectivity index (χ1) is 13.7. The highest BCUT2D eigenvalue weighted by Crippen LogP contribution is 2.19. The Labute approximate surface area is 164 Å². The number of aromatic nitrogens is 2. The minimum atomic E-state index is -0.520.